The first-order chi connectivity index (χ1) is 20.6. The Morgan fingerprint density at radius 2 is 1.55 bits per heavy atom. The number of hydrogen-bond donors (Lipinski definition) is 1. The summed E-state index contributed by atoms with van der Waals surface area (Å²) >= 11 is 0. The van der Waals surface area contributed by atoms with Crippen LogP contribution in [-0.4, -0.2) is 59.5 Å². The predicted octanol–water partition coefficient (Wildman–Crippen LogP) is 5.12. The van der Waals surface area contributed by atoms with E-state index in [0.29, 0.717) is 36.0 Å². The average Bonchev–Trinajstić information content (AvgIpc) is 2.93. The summed E-state index contributed by atoms with van der Waals surface area (Å²) in [6.07, 6.45) is -0.494. The van der Waals surface area contributed by atoms with Gasteiger partial charge in [0.15, 0.2) is 6.10 Å². The monoisotopic (exact) mass is 608 g/mol. The van der Waals surface area contributed by atoms with Crippen molar-refractivity contribution in [3.63, 3.8) is 0 Å². The molecule has 0 unspecified atom stereocenters. The topological polar surface area (TPSA) is 125 Å². The van der Waals surface area contributed by atoms with Crippen molar-refractivity contribution < 1.29 is 43.2 Å². The molecule has 2 saturated carbocycles. The molecule has 3 aliphatic rings. The Kier molecular flexibility index (Phi) is 9.59. The van der Waals surface area contributed by atoms with E-state index in [4.69, 9.17) is 18.9 Å². The normalized spacial score (nSPS) is 33.0. The Morgan fingerprint density at radius 1 is 0.932 bits per heavy atom. The molecule has 9 nitrogen and oxygen atoms in total. The van der Waals surface area contributed by atoms with Gasteiger partial charge >= 0.3 is 23.9 Å². The highest BCUT2D eigenvalue weighted by Crippen LogP contribution is 2.61. The first-order valence-corrected chi connectivity index (χ1v) is 15.1. The van der Waals surface area contributed by atoms with E-state index >= 15 is 0 Å². The van der Waals surface area contributed by atoms with Crippen molar-refractivity contribution in [2.45, 2.75) is 98.2 Å². The van der Waals surface area contributed by atoms with Crippen LogP contribution in [0.2, 0.25) is 0 Å². The van der Waals surface area contributed by atoms with E-state index in [0.717, 1.165) is 5.56 Å². The lowest BCUT2D eigenvalue weighted by molar-refractivity contribution is -0.203. The predicted molar refractivity (Wildman–Crippen MR) is 163 cm³/mol. The van der Waals surface area contributed by atoms with Crippen LogP contribution in [-0.2, 0) is 38.1 Å². The fourth-order valence-electron chi connectivity index (χ4n) is 7.83. The fraction of sp³-hybridized carbons (Fsp3) is 0.543. The van der Waals surface area contributed by atoms with Crippen molar-refractivity contribution in [3.05, 3.63) is 65.3 Å². The second kappa shape index (κ2) is 12.7. The van der Waals surface area contributed by atoms with Gasteiger partial charge in [-0.15, -0.1) is 0 Å². The van der Waals surface area contributed by atoms with Crippen LogP contribution in [0.5, 0.6) is 0 Å². The molecule has 1 aromatic carbocycles. The summed E-state index contributed by atoms with van der Waals surface area (Å²) in [5.41, 5.74) is 0.869. The van der Waals surface area contributed by atoms with Gasteiger partial charge < -0.3 is 24.1 Å². The molecule has 0 aliphatic heterocycles. The Bertz CT molecular complexity index is 1370. The maximum atomic E-state index is 13.1. The van der Waals surface area contributed by atoms with E-state index in [1.165, 1.54) is 26.8 Å². The number of benzene rings is 1. The zero-order valence-corrected chi connectivity index (χ0v) is 26.6. The third kappa shape index (κ3) is 6.39. The Balaban J connectivity index is 1.93. The van der Waals surface area contributed by atoms with E-state index in [-0.39, 0.29) is 0 Å². The largest absolute Gasteiger partial charge is 0.462 e. The summed E-state index contributed by atoms with van der Waals surface area (Å²) in [7, 11) is 0. The zero-order valence-electron chi connectivity index (χ0n) is 26.6. The number of aliphatic hydroxyl groups excluding tert-OH is 1. The number of ether oxygens (including phenoxy) is 4. The fourth-order valence-corrected chi connectivity index (χ4v) is 7.83. The van der Waals surface area contributed by atoms with Gasteiger partial charge in [-0.3, -0.25) is 14.4 Å². The first kappa shape index (κ1) is 33.2. The highest BCUT2D eigenvalue weighted by Gasteiger charge is 2.64. The Hall–Kier alpha value is -3.72. The number of esters is 4. The number of fused-ring (bicyclic) bond motifs is 3. The van der Waals surface area contributed by atoms with E-state index in [1.807, 2.05) is 58.0 Å². The molecule has 0 saturated heterocycles. The lowest BCUT2D eigenvalue weighted by atomic mass is 9.49. The number of carbonyl (C=O) groups excluding carboxylic acids is 4. The summed E-state index contributed by atoms with van der Waals surface area (Å²) in [6.45, 7) is 15.8. The maximum Gasteiger partial charge on any atom is 0.331 e. The standard InChI is InChI=1S/C35H44O9/c1-19-26(39)16-17-35(8)30(19)31(41-21(3)36)25-18-27(44-28(40)15-14-24-12-10-9-11-13-24)20(2)29(34(25,6)7)32(42-22(4)37)33(35)43-23(5)38/h9-15,25-27,30-33,39H,1,16-18H2,2-8H3/b15-14+/t25-,26-,27+,30-,31+,32+,33-,35+/m0/s1. The lowest BCUT2D eigenvalue weighted by Gasteiger charge is -2.60. The van der Waals surface area contributed by atoms with Crippen molar-refractivity contribution in [1.82, 2.24) is 0 Å². The van der Waals surface area contributed by atoms with Crippen molar-refractivity contribution in [3.8, 4) is 0 Å². The molecule has 0 heterocycles. The Labute approximate surface area is 259 Å². The number of hydrogen-bond acceptors (Lipinski definition) is 9. The lowest BCUT2D eigenvalue weighted by Crippen LogP contribution is -2.64. The van der Waals surface area contributed by atoms with E-state index in [2.05, 4.69) is 6.58 Å². The van der Waals surface area contributed by atoms with Gasteiger partial charge in [0, 0.05) is 44.1 Å². The maximum absolute atomic E-state index is 13.1. The van der Waals surface area contributed by atoms with Gasteiger partial charge in [-0.25, -0.2) is 4.79 Å². The van der Waals surface area contributed by atoms with Crippen LogP contribution in [0.3, 0.4) is 0 Å². The molecule has 1 N–H and O–H groups in total. The van der Waals surface area contributed by atoms with Gasteiger partial charge in [0.05, 0.1) is 6.10 Å². The van der Waals surface area contributed by atoms with Crippen LogP contribution in [0.4, 0.5) is 0 Å². The molecule has 3 aliphatic carbocycles. The molecule has 0 amide bonds. The number of rotatable bonds is 6. The van der Waals surface area contributed by atoms with Crippen LogP contribution in [0.25, 0.3) is 6.08 Å². The summed E-state index contributed by atoms with van der Waals surface area (Å²) < 4.78 is 24.3. The van der Waals surface area contributed by atoms with Gasteiger partial charge in [-0.2, -0.15) is 0 Å². The minimum absolute atomic E-state index is 0.298. The van der Waals surface area contributed by atoms with Gasteiger partial charge in [-0.05, 0) is 60.0 Å². The number of aliphatic hydroxyl groups is 1. The molecule has 9 heteroatoms. The second-order valence-corrected chi connectivity index (χ2v) is 13.1. The second-order valence-electron chi connectivity index (χ2n) is 13.1. The van der Waals surface area contributed by atoms with Crippen LogP contribution < -0.4 is 0 Å². The van der Waals surface area contributed by atoms with Gasteiger partial charge in [0.1, 0.15) is 18.3 Å². The van der Waals surface area contributed by atoms with Crippen molar-refractivity contribution in [1.29, 1.82) is 0 Å². The van der Waals surface area contributed by atoms with Crippen LogP contribution in [0, 0.1) is 22.7 Å². The van der Waals surface area contributed by atoms with Crippen molar-refractivity contribution in [2.24, 2.45) is 22.7 Å². The van der Waals surface area contributed by atoms with Crippen LogP contribution in [0.1, 0.15) is 73.3 Å². The molecule has 8 atom stereocenters. The van der Waals surface area contributed by atoms with Gasteiger partial charge in [0.2, 0.25) is 0 Å². The zero-order chi connectivity index (χ0) is 32.6. The van der Waals surface area contributed by atoms with E-state index in [1.54, 1.807) is 6.08 Å². The van der Waals surface area contributed by atoms with Crippen molar-refractivity contribution >= 4 is 30.0 Å². The third-order valence-electron chi connectivity index (χ3n) is 9.78. The number of carbonyl (C=O) groups is 4. The highest BCUT2D eigenvalue weighted by atomic mass is 16.6. The highest BCUT2D eigenvalue weighted by molar-refractivity contribution is 5.87. The minimum Gasteiger partial charge on any atom is -0.462 e. The summed E-state index contributed by atoms with van der Waals surface area (Å²) in [5.74, 6) is -3.36. The summed E-state index contributed by atoms with van der Waals surface area (Å²) in [6, 6.07) is 9.34. The average molecular weight is 609 g/mol. The minimum atomic E-state index is -1.04. The molecule has 2 fully saturated rings. The molecule has 1 aromatic rings. The summed E-state index contributed by atoms with van der Waals surface area (Å²) in [4.78, 5) is 51.2. The molecular weight excluding hydrogens is 564 g/mol. The van der Waals surface area contributed by atoms with E-state index in [9.17, 15) is 24.3 Å². The first-order valence-electron chi connectivity index (χ1n) is 15.1. The summed E-state index contributed by atoms with van der Waals surface area (Å²) in [5, 5.41) is 11.0. The van der Waals surface area contributed by atoms with Gasteiger partial charge in [0.25, 0.3) is 0 Å². The molecule has 238 valence electrons. The smallest absolute Gasteiger partial charge is 0.331 e. The van der Waals surface area contributed by atoms with Gasteiger partial charge in [-0.1, -0.05) is 57.7 Å². The van der Waals surface area contributed by atoms with Crippen LogP contribution in [0.15, 0.2) is 59.7 Å². The third-order valence-corrected chi connectivity index (χ3v) is 9.78. The molecular formula is C35H44O9. The molecule has 0 spiro atoms. The molecule has 2 bridgehead atoms. The molecule has 0 radical (unpaired) electrons. The molecule has 0 aromatic heterocycles. The van der Waals surface area contributed by atoms with Crippen molar-refractivity contribution in [2.75, 3.05) is 0 Å². The Morgan fingerprint density at radius 3 is 2.14 bits per heavy atom. The van der Waals surface area contributed by atoms with E-state index < -0.39 is 77.1 Å². The quantitative estimate of drug-likeness (QED) is 0.203. The van der Waals surface area contributed by atoms with Crippen LogP contribution >= 0.6 is 0 Å². The molecule has 44 heavy (non-hydrogen) atoms. The SMILES string of the molecule is C=C1[C@@H](O)CC[C@@]2(C)[C@@H](OC(C)=O)[C@H](OC(C)=O)C3=C(C)[C@H](OC(=O)/C=C/c4ccccc4)C[C@@H]([C@@H](OC(C)=O)[C@H]12)C3(C)C. The molecule has 4 rings (SSSR count).